The molecule has 0 radical (unpaired) electrons. The molecule has 0 spiro atoms. The van der Waals surface area contributed by atoms with Gasteiger partial charge in [0.15, 0.2) is 0 Å². The van der Waals surface area contributed by atoms with Gasteiger partial charge in [0.2, 0.25) is 0 Å². The van der Waals surface area contributed by atoms with E-state index in [1.54, 1.807) is 0 Å². The highest BCUT2D eigenvalue weighted by Crippen LogP contribution is 2.65. The highest BCUT2D eigenvalue weighted by atomic mass is 79.9. The van der Waals surface area contributed by atoms with Gasteiger partial charge in [0.1, 0.15) is 50.4 Å². The summed E-state index contributed by atoms with van der Waals surface area (Å²) in [6, 6.07) is 0. The number of halogens is 2. The number of hydrogen-bond donors (Lipinski definition) is 3. The number of ether oxygens (including phenoxy) is 3. The van der Waals surface area contributed by atoms with E-state index in [1.807, 2.05) is 27.7 Å². The van der Waals surface area contributed by atoms with Crippen molar-refractivity contribution in [3.05, 3.63) is 0 Å². The Morgan fingerprint density at radius 3 is 1.10 bits per heavy atom. The summed E-state index contributed by atoms with van der Waals surface area (Å²) in [5.74, 6) is -1.14. The van der Waals surface area contributed by atoms with Crippen molar-refractivity contribution in [2.45, 2.75) is 198 Å². The molecule has 3 aliphatic heterocycles. The van der Waals surface area contributed by atoms with Gasteiger partial charge in [-0.15, -0.1) is 11.6 Å². The molecule has 0 amide bonds. The number of aliphatic hydroxyl groups excluding tert-OH is 3. The second-order valence-corrected chi connectivity index (χ2v) is 22.1. The summed E-state index contributed by atoms with van der Waals surface area (Å²) in [6.45, 7) is 7.45. The quantitative estimate of drug-likeness (QED) is 0.107. The Balaban J connectivity index is 0.000000140. The normalized spacial score (nSPS) is 41.9. The molecular weight excluding hydrogens is 884 g/mol. The van der Waals surface area contributed by atoms with Gasteiger partial charge in [0.05, 0.1) is 36.1 Å². The summed E-state index contributed by atoms with van der Waals surface area (Å²) in [4.78, 5) is 73.8. The van der Waals surface area contributed by atoms with Crippen LogP contribution < -0.4 is 0 Å². The number of aliphatic hydroxyl groups is 3. The third-order valence-electron chi connectivity index (χ3n) is 18.2. The number of fused-ring (bicyclic) bond motifs is 3. The van der Waals surface area contributed by atoms with Gasteiger partial charge in [-0.1, -0.05) is 80.6 Å². The van der Waals surface area contributed by atoms with Gasteiger partial charge in [-0.3, -0.25) is 28.8 Å². The van der Waals surface area contributed by atoms with Gasteiger partial charge in [0, 0.05) is 30.5 Å². The topological polar surface area (TPSA) is 191 Å². The predicted octanol–water partition coefficient (Wildman–Crippen LogP) is 7.28. The summed E-state index contributed by atoms with van der Waals surface area (Å²) in [6.07, 6.45) is 15.9. The molecule has 0 aromatic heterocycles. The molecule has 3 heterocycles. The Labute approximate surface area is 380 Å². The number of rotatable bonds is 11. The summed E-state index contributed by atoms with van der Waals surface area (Å²) in [5, 5.41) is 33.4. The lowest BCUT2D eigenvalue weighted by Gasteiger charge is -2.56. The molecule has 6 saturated carbocycles. The van der Waals surface area contributed by atoms with E-state index in [-0.39, 0.29) is 84.1 Å². The van der Waals surface area contributed by atoms with Crippen molar-refractivity contribution in [2.75, 3.05) is 11.2 Å². The van der Waals surface area contributed by atoms with E-state index >= 15 is 0 Å². The van der Waals surface area contributed by atoms with Crippen molar-refractivity contribution in [2.24, 2.45) is 51.8 Å². The summed E-state index contributed by atoms with van der Waals surface area (Å²) in [5.41, 5.74) is -5.44. The molecule has 12 nitrogen and oxygen atoms in total. The van der Waals surface area contributed by atoms with Crippen LogP contribution in [0.2, 0.25) is 0 Å². The lowest BCUT2D eigenvalue weighted by atomic mass is 9.60. The third kappa shape index (κ3) is 6.94. The van der Waals surface area contributed by atoms with Crippen LogP contribution >= 0.6 is 27.5 Å². The van der Waals surface area contributed by atoms with E-state index in [0.717, 1.165) is 77.0 Å². The first kappa shape index (κ1) is 48.0. The van der Waals surface area contributed by atoms with Gasteiger partial charge in [0.25, 0.3) is 0 Å². The first-order valence-electron chi connectivity index (χ1n) is 23.9. The van der Waals surface area contributed by atoms with Gasteiger partial charge in [-0.2, -0.15) is 0 Å². The molecule has 11 unspecified atom stereocenters. The maximum Gasteiger partial charge on any atom is 0.319 e. The molecule has 348 valence electrons. The lowest BCUT2D eigenvalue weighted by molar-refractivity contribution is -0.266. The smallest absolute Gasteiger partial charge is 0.319 e. The number of esters is 3. The number of hydrogen-bond acceptors (Lipinski definition) is 12. The fraction of sp³-hybridized carbons (Fsp3) is 0.875. The Morgan fingerprint density at radius 2 is 0.823 bits per heavy atom. The van der Waals surface area contributed by atoms with E-state index in [9.17, 15) is 44.1 Å². The van der Waals surface area contributed by atoms with Crippen LogP contribution in [0.3, 0.4) is 0 Å². The maximum absolute atomic E-state index is 12.4. The number of Topliss-reactive ketones (excluding diaryl/α,β-unsaturated/α-hetero) is 3. The van der Waals surface area contributed by atoms with Crippen LogP contribution in [0, 0.1) is 51.8 Å². The van der Waals surface area contributed by atoms with E-state index in [1.165, 1.54) is 19.3 Å². The SMILES string of the molecule is CC12OC(=O)C1(C(O)C1CCCCC1)CC(=O)C2CCCl.CCC1C(=O)CC2(C(O)C3CCCCC3)C(=O)OC12C.C[C@@]12OC(=O)C1(C(O)C1CCCCC1)CC(=O)C2CCBr. The van der Waals surface area contributed by atoms with Crippen molar-refractivity contribution in [3.8, 4) is 0 Å². The zero-order valence-electron chi connectivity index (χ0n) is 37.2. The average molecular weight is 954 g/mol. The van der Waals surface area contributed by atoms with Crippen LogP contribution in [0.1, 0.15) is 163 Å². The average Bonchev–Trinajstić information content (AvgIpc) is 3.65. The Hall–Kier alpha value is -1.93. The molecule has 62 heavy (non-hydrogen) atoms. The minimum absolute atomic E-state index is 0.0128. The molecular formula is C48H70BrClO12. The van der Waals surface area contributed by atoms with E-state index in [2.05, 4.69) is 15.9 Å². The van der Waals surface area contributed by atoms with Crippen LogP contribution in [-0.4, -0.2) is 96.9 Å². The molecule has 6 aliphatic carbocycles. The second-order valence-electron chi connectivity index (χ2n) is 20.9. The van der Waals surface area contributed by atoms with Crippen LogP contribution in [0.5, 0.6) is 0 Å². The van der Waals surface area contributed by atoms with E-state index < -0.39 is 57.3 Å². The molecule has 0 aromatic carbocycles. The zero-order valence-corrected chi connectivity index (χ0v) is 39.6. The van der Waals surface area contributed by atoms with E-state index in [4.69, 9.17) is 25.8 Å². The van der Waals surface area contributed by atoms with Gasteiger partial charge in [-0.05, 0) is 96.3 Å². The van der Waals surface area contributed by atoms with Crippen LogP contribution in [-0.2, 0) is 43.0 Å². The summed E-state index contributed by atoms with van der Waals surface area (Å²) >= 11 is 9.17. The van der Waals surface area contributed by atoms with Crippen molar-refractivity contribution in [1.82, 2.24) is 0 Å². The van der Waals surface area contributed by atoms with Crippen molar-refractivity contribution >= 4 is 62.8 Å². The van der Waals surface area contributed by atoms with Gasteiger partial charge >= 0.3 is 17.9 Å². The number of carbonyl (C=O) groups excluding carboxylic acids is 6. The number of ketones is 3. The van der Waals surface area contributed by atoms with Crippen LogP contribution in [0.25, 0.3) is 0 Å². The summed E-state index contributed by atoms with van der Waals surface area (Å²) < 4.78 is 16.3. The number of alkyl halides is 2. The fourth-order valence-corrected chi connectivity index (χ4v) is 15.1. The molecule has 0 aromatic rings. The van der Waals surface area contributed by atoms with Crippen molar-refractivity contribution in [3.63, 3.8) is 0 Å². The molecule has 12 atom stereocenters. The largest absolute Gasteiger partial charge is 0.457 e. The molecule has 14 heteroatoms. The molecule has 9 aliphatic rings. The molecule has 0 bridgehead atoms. The Morgan fingerprint density at radius 1 is 0.532 bits per heavy atom. The van der Waals surface area contributed by atoms with Gasteiger partial charge < -0.3 is 29.5 Å². The predicted molar refractivity (Wildman–Crippen MR) is 232 cm³/mol. The Bertz CT molecular complexity index is 1670. The highest BCUT2D eigenvalue weighted by molar-refractivity contribution is 9.09. The van der Waals surface area contributed by atoms with Crippen LogP contribution in [0.4, 0.5) is 0 Å². The van der Waals surface area contributed by atoms with Crippen molar-refractivity contribution in [1.29, 1.82) is 0 Å². The lowest BCUT2D eigenvalue weighted by Crippen LogP contribution is -2.70. The molecule has 3 saturated heterocycles. The first-order chi connectivity index (χ1) is 29.4. The minimum Gasteiger partial charge on any atom is -0.457 e. The monoisotopic (exact) mass is 952 g/mol. The first-order valence-corrected chi connectivity index (χ1v) is 25.5. The molecule has 9 rings (SSSR count). The highest BCUT2D eigenvalue weighted by Gasteiger charge is 2.81. The minimum atomic E-state index is -1.02. The van der Waals surface area contributed by atoms with Crippen LogP contribution in [0.15, 0.2) is 0 Å². The van der Waals surface area contributed by atoms with Gasteiger partial charge in [-0.25, -0.2) is 0 Å². The van der Waals surface area contributed by atoms with Crippen molar-refractivity contribution < 1.29 is 58.3 Å². The standard InChI is InChI=1S/C16H23BrO4.C16H23ClO4.C16H24O4/c2*1-15-11(7-8-17)12(18)9-16(15,14(20)21-15)13(19)10-5-3-2-4-6-10;1-3-11-12(17)9-16(14(19)20-15(11,16)2)13(18)10-7-5-4-6-8-10/h2*10-11,13,19H,2-9H2,1H3;10-11,13,18H,3-9H2,1-2H3/t11?,13?,15-,16?;;/m0../s1. The second kappa shape index (κ2) is 18.0. The molecule has 9 fully saturated rings. The number of carbonyl (C=O) groups is 6. The zero-order chi connectivity index (χ0) is 45.0. The summed E-state index contributed by atoms with van der Waals surface area (Å²) in [7, 11) is 0. The van der Waals surface area contributed by atoms with E-state index in [0.29, 0.717) is 30.5 Å². The fourth-order valence-electron chi connectivity index (χ4n) is 14.4. The maximum atomic E-state index is 12.4. The molecule has 3 N–H and O–H groups in total. The Kier molecular flexibility index (Phi) is 14.0. The third-order valence-corrected chi connectivity index (χ3v) is 18.9.